The molecule has 0 saturated heterocycles. The molecule has 0 heterocycles. The minimum absolute atomic E-state index is 0.320. The number of methoxy groups -OCH3 is 1. The number of carbonyl (C=O) groups excluding carboxylic acids is 1. The molecule has 9 heteroatoms. The van der Waals surface area contributed by atoms with Crippen molar-refractivity contribution in [2.75, 3.05) is 40.1 Å². The molecule has 8 nitrogen and oxygen atoms in total. The summed E-state index contributed by atoms with van der Waals surface area (Å²) >= 11 is 5.11. The number of hydrazine groups is 1. The van der Waals surface area contributed by atoms with E-state index < -0.39 is 0 Å². The molecule has 1 rings (SSSR count). The number of benzene rings is 1. The lowest BCUT2D eigenvalue weighted by Gasteiger charge is -2.17. The number of nitrogens with one attached hydrogen (secondary N) is 3. The van der Waals surface area contributed by atoms with Crippen LogP contribution in [0.15, 0.2) is 12.1 Å². The van der Waals surface area contributed by atoms with Gasteiger partial charge in [-0.2, -0.15) is 0 Å². The van der Waals surface area contributed by atoms with Crippen molar-refractivity contribution in [2.45, 2.75) is 27.2 Å². The van der Waals surface area contributed by atoms with Gasteiger partial charge in [0.2, 0.25) is 5.75 Å². The number of ether oxygens (including phenoxy) is 4. The number of thiocarbonyl (C=S) groups is 1. The molecule has 0 unspecified atom stereocenters. The average Bonchev–Trinajstić information content (AvgIpc) is 2.66. The third-order valence-corrected chi connectivity index (χ3v) is 3.52. The van der Waals surface area contributed by atoms with E-state index in [1.54, 1.807) is 19.2 Å². The van der Waals surface area contributed by atoms with Gasteiger partial charge in [0.25, 0.3) is 5.91 Å². The SMILES string of the molecule is CCOc1cc(C(=O)NNC(=S)NCCCOC)cc(OCC)c1OCC. The van der Waals surface area contributed by atoms with Crippen LogP contribution in [0.3, 0.4) is 0 Å². The van der Waals surface area contributed by atoms with Gasteiger partial charge in [-0.3, -0.25) is 15.6 Å². The maximum atomic E-state index is 12.5. The predicted molar refractivity (Wildman–Crippen MR) is 108 cm³/mol. The van der Waals surface area contributed by atoms with E-state index in [4.69, 9.17) is 31.2 Å². The minimum atomic E-state index is -0.374. The average molecular weight is 400 g/mol. The first-order chi connectivity index (χ1) is 13.1. The fourth-order valence-corrected chi connectivity index (χ4v) is 2.32. The zero-order chi connectivity index (χ0) is 20.1. The lowest BCUT2D eigenvalue weighted by Crippen LogP contribution is -2.47. The van der Waals surface area contributed by atoms with Crippen LogP contribution in [0.25, 0.3) is 0 Å². The van der Waals surface area contributed by atoms with Gasteiger partial charge in [0.05, 0.1) is 19.8 Å². The summed E-state index contributed by atoms with van der Waals surface area (Å²) in [4.78, 5) is 12.5. The summed E-state index contributed by atoms with van der Waals surface area (Å²) in [7, 11) is 1.64. The first-order valence-corrected chi connectivity index (χ1v) is 9.37. The quantitative estimate of drug-likeness (QED) is 0.296. The molecule has 0 saturated carbocycles. The Balaban J connectivity index is 2.81. The molecule has 152 valence electrons. The Morgan fingerprint density at radius 2 is 1.59 bits per heavy atom. The van der Waals surface area contributed by atoms with Gasteiger partial charge in [-0.05, 0) is 51.5 Å². The molecular weight excluding hydrogens is 370 g/mol. The summed E-state index contributed by atoms with van der Waals surface area (Å²) in [6.07, 6.45) is 0.806. The number of rotatable bonds is 11. The van der Waals surface area contributed by atoms with E-state index in [2.05, 4.69) is 16.2 Å². The number of carbonyl (C=O) groups is 1. The summed E-state index contributed by atoms with van der Waals surface area (Å²) in [6, 6.07) is 3.23. The molecule has 0 radical (unpaired) electrons. The molecule has 1 aromatic carbocycles. The van der Waals surface area contributed by atoms with Crippen LogP contribution in [0.1, 0.15) is 37.6 Å². The van der Waals surface area contributed by atoms with Gasteiger partial charge >= 0.3 is 0 Å². The maximum Gasteiger partial charge on any atom is 0.269 e. The van der Waals surface area contributed by atoms with Gasteiger partial charge in [-0.1, -0.05) is 0 Å². The molecule has 27 heavy (non-hydrogen) atoms. The molecule has 1 amide bonds. The van der Waals surface area contributed by atoms with Crippen molar-refractivity contribution < 1.29 is 23.7 Å². The van der Waals surface area contributed by atoms with Crippen LogP contribution < -0.4 is 30.4 Å². The molecule has 1 aromatic rings. The Kier molecular flexibility index (Phi) is 11.0. The van der Waals surface area contributed by atoms with Crippen molar-refractivity contribution in [3.05, 3.63) is 17.7 Å². The number of amides is 1. The Morgan fingerprint density at radius 1 is 1.00 bits per heavy atom. The Bertz CT molecular complexity index is 586. The molecule has 0 aliphatic carbocycles. The van der Waals surface area contributed by atoms with Crippen LogP contribution in [-0.4, -0.2) is 51.1 Å². The van der Waals surface area contributed by atoms with E-state index in [-0.39, 0.29) is 5.91 Å². The highest BCUT2D eigenvalue weighted by molar-refractivity contribution is 7.80. The lowest BCUT2D eigenvalue weighted by molar-refractivity contribution is 0.0942. The third kappa shape index (κ3) is 7.88. The molecular formula is C18H29N3O5S. The van der Waals surface area contributed by atoms with Crippen molar-refractivity contribution in [3.8, 4) is 17.2 Å². The van der Waals surface area contributed by atoms with Crippen LogP contribution in [0.4, 0.5) is 0 Å². The van der Waals surface area contributed by atoms with Crippen LogP contribution in [0, 0.1) is 0 Å². The van der Waals surface area contributed by atoms with E-state index in [0.717, 1.165) is 6.42 Å². The second-order valence-corrected chi connectivity index (χ2v) is 5.69. The van der Waals surface area contributed by atoms with Crippen molar-refractivity contribution in [3.63, 3.8) is 0 Å². The Labute approximate surface area is 165 Å². The highest BCUT2D eigenvalue weighted by Crippen LogP contribution is 2.39. The van der Waals surface area contributed by atoms with E-state index >= 15 is 0 Å². The molecule has 0 aliphatic rings. The Hall–Kier alpha value is -2.26. The van der Waals surface area contributed by atoms with Crippen molar-refractivity contribution in [1.29, 1.82) is 0 Å². The standard InChI is InChI=1S/C18H29N3O5S/c1-5-24-14-11-13(12-15(25-6-2)16(14)26-7-3)17(22)20-21-18(27)19-9-8-10-23-4/h11-12H,5-10H2,1-4H3,(H,20,22)(H2,19,21,27). The van der Waals surface area contributed by atoms with E-state index in [0.29, 0.717) is 60.9 Å². The van der Waals surface area contributed by atoms with Gasteiger partial charge < -0.3 is 24.3 Å². The molecule has 0 aliphatic heterocycles. The fourth-order valence-electron chi connectivity index (χ4n) is 2.17. The lowest BCUT2D eigenvalue weighted by atomic mass is 10.1. The summed E-state index contributed by atoms with van der Waals surface area (Å²) in [6.45, 7) is 8.19. The molecule has 3 N–H and O–H groups in total. The van der Waals surface area contributed by atoms with Crippen molar-refractivity contribution in [2.24, 2.45) is 0 Å². The minimum Gasteiger partial charge on any atom is -0.490 e. The monoisotopic (exact) mass is 399 g/mol. The van der Waals surface area contributed by atoms with E-state index in [1.807, 2.05) is 20.8 Å². The summed E-state index contributed by atoms with van der Waals surface area (Å²) in [5.41, 5.74) is 5.58. The Morgan fingerprint density at radius 3 is 2.11 bits per heavy atom. The number of hydrogen-bond donors (Lipinski definition) is 3. The van der Waals surface area contributed by atoms with Crippen molar-refractivity contribution in [1.82, 2.24) is 16.2 Å². The molecule has 0 atom stereocenters. The van der Waals surface area contributed by atoms with E-state index in [1.165, 1.54) is 0 Å². The second-order valence-electron chi connectivity index (χ2n) is 5.28. The summed E-state index contributed by atoms with van der Waals surface area (Å²) < 4.78 is 21.8. The fraction of sp³-hybridized carbons (Fsp3) is 0.556. The van der Waals surface area contributed by atoms with Crippen LogP contribution in [0.5, 0.6) is 17.2 Å². The highest BCUT2D eigenvalue weighted by Gasteiger charge is 2.18. The molecule has 0 aromatic heterocycles. The van der Waals surface area contributed by atoms with Gasteiger partial charge in [0.1, 0.15) is 0 Å². The first-order valence-electron chi connectivity index (χ1n) is 8.96. The van der Waals surface area contributed by atoms with Crippen molar-refractivity contribution >= 4 is 23.2 Å². The summed E-state index contributed by atoms with van der Waals surface area (Å²) in [5.74, 6) is 1.02. The largest absolute Gasteiger partial charge is 0.490 e. The zero-order valence-electron chi connectivity index (χ0n) is 16.3. The van der Waals surface area contributed by atoms with Crippen LogP contribution in [-0.2, 0) is 4.74 Å². The smallest absolute Gasteiger partial charge is 0.269 e. The van der Waals surface area contributed by atoms with Gasteiger partial charge in [0, 0.05) is 25.8 Å². The molecule has 0 fully saturated rings. The second kappa shape index (κ2) is 13.0. The summed E-state index contributed by atoms with van der Waals surface area (Å²) in [5, 5.41) is 3.29. The third-order valence-electron chi connectivity index (χ3n) is 3.27. The van der Waals surface area contributed by atoms with Gasteiger partial charge in [0.15, 0.2) is 16.6 Å². The van der Waals surface area contributed by atoms with Crippen LogP contribution >= 0.6 is 12.2 Å². The van der Waals surface area contributed by atoms with Gasteiger partial charge in [-0.25, -0.2) is 0 Å². The highest BCUT2D eigenvalue weighted by atomic mass is 32.1. The van der Waals surface area contributed by atoms with Gasteiger partial charge in [-0.15, -0.1) is 0 Å². The van der Waals surface area contributed by atoms with Crippen LogP contribution in [0.2, 0.25) is 0 Å². The predicted octanol–water partition coefficient (Wildman–Crippen LogP) is 2.03. The van der Waals surface area contributed by atoms with E-state index in [9.17, 15) is 4.79 Å². The normalized spacial score (nSPS) is 10.1. The first kappa shape index (κ1) is 22.8. The molecule has 0 spiro atoms. The topological polar surface area (TPSA) is 90.1 Å². The zero-order valence-corrected chi connectivity index (χ0v) is 17.2. The number of hydrogen-bond acceptors (Lipinski definition) is 6. The maximum absolute atomic E-state index is 12.5. The molecule has 0 bridgehead atoms.